The molecule has 2 rings (SSSR count). The van der Waals surface area contributed by atoms with Gasteiger partial charge in [-0.15, -0.1) is 0 Å². The minimum Gasteiger partial charge on any atom is -0.311 e. The van der Waals surface area contributed by atoms with Gasteiger partial charge in [0.25, 0.3) is 0 Å². The van der Waals surface area contributed by atoms with Crippen molar-refractivity contribution in [3.8, 4) is 0 Å². The van der Waals surface area contributed by atoms with Crippen molar-refractivity contribution in [2.24, 2.45) is 5.92 Å². The van der Waals surface area contributed by atoms with Crippen LogP contribution in [0.2, 0.25) is 0 Å². The van der Waals surface area contributed by atoms with E-state index in [1.165, 1.54) is 5.57 Å². The van der Waals surface area contributed by atoms with Crippen molar-refractivity contribution in [2.45, 2.75) is 40.0 Å². The summed E-state index contributed by atoms with van der Waals surface area (Å²) in [7, 11) is 0. The minimum absolute atomic E-state index is 0.0347. The average Bonchev–Trinajstić information content (AvgIpc) is 2.46. The Morgan fingerprint density at radius 3 is 2.73 bits per heavy atom. The molecule has 1 unspecified atom stereocenters. The predicted molar refractivity (Wildman–Crippen MR) is 92.8 cm³/mol. The van der Waals surface area contributed by atoms with Crippen molar-refractivity contribution in [1.82, 2.24) is 4.98 Å². The summed E-state index contributed by atoms with van der Waals surface area (Å²) < 4.78 is 0. The van der Waals surface area contributed by atoms with Gasteiger partial charge in [-0.1, -0.05) is 42.8 Å². The molecule has 2 aromatic rings. The van der Waals surface area contributed by atoms with Crippen LogP contribution in [0.5, 0.6) is 0 Å². The summed E-state index contributed by atoms with van der Waals surface area (Å²) in [6.07, 6.45) is 6.61. The van der Waals surface area contributed by atoms with E-state index in [0.29, 0.717) is 18.2 Å². The van der Waals surface area contributed by atoms with Gasteiger partial charge >= 0.3 is 0 Å². The smallest absolute Gasteiger partial charge is 0.225 e. The molecular weight excluding hydrogens is 272 g/mol. The Labute approximate surface area is 132 Å². The first-order valence-electron chi connectivity index (χ1n) is 7.82. The van der Waals surface area contributed by atoms with Crippen molar-refractivity contribution < 1.29 is 4.79 Å². The number of carbonyl (C=O) groups excluding carboxylic acids is 1. The fraction of sp³-hybridized carbons (Fsp3) is 0.368. The summed E-state index contributed by atoms with van der Waals surface area (Å²) in [6.45, 7) is 6.32. The minimum atomic E-state index is 0.0347. The Bertz CT molecular complexity index is 672. The summed E-state index contributed by atoms with van der Waals surface area (Å²) in [6, 6.07) is 9.92. The molecule has 0 fully saturated rings. The molecule has 0 saturated carbocycles. The highest BCUT2D eigenvalue weighted by atomic mass is 16.1. The third kappa shape index (κ3) is 4.99. The monoisotopic (exact) mass is 296 g/mol. The number of fused-ring (bicyclic) bond motifs is 1. The van der Waals surface area contributed by atoms with Gasteiger partial charge in [0.15, 0.2) is 0 Å². The SMILES string of the molecule is CC(C)=CCCC(C)CC(=O)Nc1cc2ccccc2cn1. The first kappa shape index (κ1) is 16.2. The molecule has 1 amide bonds. The molecule has 0 radical (unpaired) electrons. The van der Waals surface area contributed by atoms with Gasteiger partial charge in [-0.3, -0.25) is 4.79 Å². The van der Waals surface area contributed by atoms with Crippen LogP contribution in [0.25, 0.3) is 10.8 Å². The van der Waals surface area contributed by atoms with Gasteiger partial charge in [0, 0.05) is 18.0 Å². The molecule has 0 spiro atoms. The number of anilines is 1. The molecule has 22 heavy (non-hydrogen) atoms. The van der Waals surface area contributed by atoms with Crippen molar-refractivity contribution in [2.75, 3.05) is 5.32 Å². The Balaban J connectivity index is 1.89. The zero-order chi connectivity index (χ0) is 15.9. The molecule has 116 valence electrons. The average molecular weight is 296 g/mol. The molecular formula is C19H24N2O. The number of rotatable bonds is 6. The molecule has 1 aromatic heterocycles. The van der Waals surface area contributed by atoms with E-state index in [1.807, 2.05) is 30.3 Å². The molecule has 0 aliphatic heterocycles. The lowest BCUT2D eigenvalue weighted by atomic mass is 10.0. The largest absolute Gasteiger partial charge is 0.311 e. The first-order valence-corrected chi connectivity index (χ1v) is 7.82. The van der Waals surface area contributed by atoms with E-state index in [-0.39, 0.29) is 5.91 Å². The molecule has 0 saturated heterocycles. The zero-order valence-corrected chi connectivity index (χ0v) is 13.6. The zero-order valence-electron chi connectivity index (χ0n) is 13.6. The number of hydrogen-bond acceptors (Lipinski definition) is 2. The summed E-state index contributed by atoms with van der Waals surface area (Å²) >= 11 is 0. The van der Waals surface area contributed by atoms with Crippen LogP contribution in [-0.4, -0.2) is 10.9 Å². The van der Waals surface area contributed by atoms with Crippen LogP contribution in [0, 0.1) is 5.92 Å². The number of hydrogen-bond donors (Lipinski definition) is 1. The van der Waals surface area contributed by atoms with E-state index in [1.54, 1.807) is 6.20 Å². The fourth-order valence-corrected chi connectivity index (χ4v) is 2.42. The number of aromatic nitrogens is 1. The van der Waals surface area contributed by atoms with Gasteiger partial charge in [-0.05, 0) is 44.1 Å². The summed E-state index contributed by atoms with van der Waals surface area (Å²) in [5, 5.41) is 5.07. The number of benzene rings is 1. The molecule has 1 aromatic carbocycles. The number of nitrogens with zero attached hydrogens (tertiary/aromatic N) is 1. The first-order chi connectivity index (χ1) is 10.5. The van der Waals surface area contributed by atoms with E-state index in [9.17, 15) is 4.79 Å². The number of nitrogens with one attached hydrogen (secondary N) is 1. The van der Waals surface area contributed by atoms with Crippen molar-refractivity contribution in [3.05, 3.63) is 48.2 Å². The van der Waals surface area contributed by atoms with Crippen LogP contribution < -0.4 is 5.32 Å². The van der Waals surface area contributed by atoms with Crippen LogP contribution in [0.4, 0.5) is 5.82 Å². The second-order valence-corrected chi connectivity index (χ2v) is 6.13. The van der Waals surface area contributed by atoms with Crippen LogP contribution in [0.15, 0.2) is 48.2 Å². The molecule has 1 heterocycles. The highest BCUT2D eigenvalue weighted by Gasteiger charge is 2.09. The maximum absolute atomic E-state index is 12.1. The van der Waals surface area contributed by atoms with Crippen molar-refractivity contribution in [3.63, 3.8) is 0 Å². The lowest BCUT2D eigenvalue weighted by Gasteiger charge is -2.10. The van der Waals surface area contributed by atoms with Gasteiger partial charge in [0.05, 0.1) is 0 Å². The number of pyridine rings is 1. The molecule has 0 bridgehead atoms. The number of allylic oxidation sites excluding steroid dienone is 2. The number of amides is 1. The van der Waals surface area contributed by atoms with E-state index in [2.05, 4.69) is 37.1 Å². The summed E-state index contributed by atoms with van der Waals surface area (Å²) in [4.78, 5) is 16.4. The highest BCUT2D eigenvalue weighted by Crippen LogP contribution is 2.17. The number of carbonyl (C=O) groups is 1. The molecule has 3 heteroatoms. The summed E-state index contributed by atoms with van der Waals surface area (Å²) in [5.74, 6) is 1.03. The van der Waals surface area contributed by atoms with Crippen molar-refractivity contribution >= 4 is 22.5 Å². The summed E-state index contributed by atoms with van der Waals surface area (Å²) in [5.41, 5.74) is 1.33. The van der Waals surface area contributed by atoms with E-state index >= 15 is 0 Å². The second-order valence-electron chi connectivity index (χ2n) is 6.13. The van der Waals surface area contributed by atoms with E-state index in [0.717, 1.165) is 23.6 Å². The second kappa shape index (κ2) is 7.74. The van der Waals surface area contributed by atoms with Crippen LogP contribution in [-0.2, 0) is 4.79 Å². The van der Waals surface area contributed by atoms with Gasteiger partial charge in [-0.2, -0.15) is 0 Å². The van der Waals surface area contributed by atoms with E-state index < -0.39 is 0 Å². The van der Waals surface area contributed by atoms with Gasteiger partial charge in [0.1, 0.15) is 5.82 Å². The Morgan fingerprint density at radius 1 is 1.27 bits per heavy atom. The Hall–Kier alpha value is -2.16. The fourth-order valence-electron chi connectivity index (χ4n) is 2.42. The third-order valence-corrected chi connectivity index (χ3v) is 3.64. The maximum atomic E-state index is 12.1. The highest BCUT2D eigenvalue weighted by molar-refractivity contribution is 5.92. The van der Waals surface area contributed by atoms with Crippen LogP contribution in [0.1, 0.15) is 40.0 Å². The molecule has 0 aliphatic rings. The normalized spacial score (nSPS) is 12.0. The van der Waals surface area contributed by atoms with E-state index in [4.69, 9.17) is 0 Å². The standard InChI is InChI=1S/C19H24N2O/c1-14(2)7-6-8-15(3)11-19(22)21-18-12-16-9-4-5-10-17(16)13-20-18/h4-5,7,9-10,12-13,15H,6,8,11H2,1-3H3,(H,20,21,22). The molecule has 1 atom stereocenters. The van der Waals surface area contributed by atoms with Gasteiger partial charge in [0.2, 0.25) is 5.91 Å². The van der Waals surface area contributed by atoms with Crippen LogP contribution in [0.3, 0.4) is 0 Å². The van der Waals surface area contributed by atoms with Gasteiger partial charge in [-0.25, -0.2) is 4.98 Å². The quantitative estimate of drug-likeness (QED) is 0.767. The maximum Gasteiger partial charge on any atom is 0.225 e. The Morgan fingerprint density at radius 2 is 2.00 bits per heavy atom. The Kier molecular flexibility index (Phi) is 5.70. The molecule has 3 nitrogen and oxygen atoms in total. The van der Waals surface area contributed by atoms with Gasteiger partial charge < -0.3 is 5.32 Å². The predicted octanol–water partition coefficient (Wildman–Crippen LogP) is 4.95. The molecule has 1 N–H and O–H groups in total. The lowest BCUT2D eigenvalue weighted by molar-refractivity contribution is -0.117. The molecule has 0 aliphatic carbocycles. The van der Waals surface area contributed by atoms with Crippen molar-refractivity contribution in [1.29, 1.82) is 0 Å². The lowest BCUT2D eigenvalue weighted by Crippen LogP contribution is -2.15. The van der Waals surface area contributed by atoms with Crippen LogP contribution >= 0.6 is 0 Å². The third-order valence-electron chi connectivity index (χ3n) is 3.64. The topological polar surface area (TPSA) is 42.0 Å².